The first-order valence-electron chi connectivity index (χ1n) is 5.85. The Labute approximate surface area is 105 Å². The number of fused-ring (bicyclic) bond motifs is 1. The molecule has 2 aromatic rings. The molecule has 0 atom stereocenters. The molecule has 0 saturated heterocycles. The first-order chi connectivity index (χ1) is 8.78. The van der Waals surface area contributed by atoms with Crippen LogP contribution in [-0.4, -0.2) is 23.6 Å². The second-order valence-corrected chi connectivity index (χ2v) is 4.24. The SMILES string of the molecule is CNCc1cc(-c2ccc3c(c2)OCO3)n(C)n1. The molecule has 0 radical (unpaired) electrons. The van der Waals surface area contributed by atoms with Crippen molar-refractivity contribution >= 4 is 0 Å². The molecule has 2 heterocycles. The maximum Gasteiger partial charge on any atom is 0.231 e. The summed E-state index contributed by atoms with van der Waals surface area (Å²) in [5.41, 5.74) is 3.17. The van der Waals surface area contributed by atoms with Gasteiger partial charge in [0.1, 0.15) is 0 Å². The zero-order valence-electron chi connectivity index (χ0n) is 10.4. The highest BCUT2D eigenvalue weighted by molar-refractivity contribution is 5.65. The summed E-state index contributed by atoms with van der Waals surface area (Å²) in [6, 6.07) is 8.02. The monoisotopic (exact) mass is 245 g/mol. The van der Waals surface area contributed by atoms with Crippen molar-refractivity contribution in [2.75, 3.05) is 13.8 Å². The van der Waals surface area contributed by atoms with Gasteiger partial charge in [0.25, 0.3) is 0 Å². The van der Waals surface area contributed by atoms with E-state index >= 15 is 0 Å². The fourth-order valence-electron chi connectivity index (χ4n) is 2.12. The van der Waals surface area contributed by atoms with E-state index in [1.54, 1.807) is 0 Å². The molecule has 1 aromatic carbocycles. The van der Waals surface area contributed by atoms with Crippen molar-refractivity contribution < 1.29 is 9.47 Å². The average Bonchev–Trinajstić information content (AvgIpc) is 2.95. The van der Waals surface area contributed by atoms with E-state index in [4.69, 9.17) is 9.47 Å². The van der Waals surface area contributed by atoms with Gasteiger partial charge in [-0.2, -0.15) is 5.10 Å². The van der Waals surface area contributed by atoms with Crippen LogP contribution in [0.3, 0.4) is 0 Å². The lowest BCUT2D eigenvalue weighted by molar-refractivity contribution is 0.174. The van der Waals surface area contributed by atoms with Crippen molar-refractivity contribution in [3.63, 3.8) is 0 Å². The molecule has 0 aliphatic carbocycles. The first-order valence-corrected chi connectivity index (χ1v) is 5.85. The molecular weight excluding hydrogens is 230 g/mol. The molecule has 0 fully saturated rings. The van der Waals surface area contributed by atoms with Gasteiger partial charge < -0.3 is 14.8 Å². The Bertz CT molecular complexity index is 578. The molecule has 0 bridgehead atoms. The van der Waals surface area contributed by atoms with Crippen LogP contribution >= 0.6 is 0 Å². The van der Waals surface area contributed by atoms with Crippen LogP contribution in [0.5, 0.6) is 11.5 Å². The van der Waals surface area contributed by atoms with E-state index in [0.717, 1.165) is 35.0 Å². The van der Waals surface area contributed by atoms with Gasteiger partial charge in [0.2, 0.25) is 6.79 Å². The molecule has 0 spiro atoms. The number of benzene rings is 1. The van der Waals surface area contributed by atoms with Gasteiger partial charge in [-0.05, 0) is 31.3 Å². The highest BCUT2D eigenvalue weighted by Gasteiger charge is 2.15. The lowest BCUT2D eigenvalue weighted by atomic mass is 10.1. The van der Waals surface area contributed by atoms with Crippen molar-refractivity contribution in [3.8, 4) is 22.8 Å². The standard InChI is InChI=1S/C13H15N3O2/c1-14-7-10-6-11(16(2)15-10)9-3-4-12-13(5-9)18-8-17-12/h3-6,14H,7-8H2,1-2H3. The number of nitrogens with one attached hydrogen (secondary N) is 1. The molecule has 1 aromatic heterocycles. The maximum absolute atomic E-state index is 5.39. The Kier molecular flexibility index (Phi) is 2.68. The third kappa shape index (κ3) is 1.82. The van der Waals surface area contributed by atoms with Crippen molar-refractivity contribution in [2.24, 2.45) is 7.05 Å². The molecule has 1 N–H and O–H groups in total. The molecule has 5 nitrogen and oxygen atoms in total. The molecule has 18 heavy (non-hydrogen) atoms. The normalized spacial score (nSPS) is 13.0. The van der Waals surface area contributed by atoms with Gasteiger partial charge in [0, 0.05) is 19.2 Å². The zero-order valence-corrected chi connectivity index (χ0v) is 10.4. The summed E-state index contributed by atoms with van der Waals surface area (Å²) in [6.45, 7) is 1.06. The molecule has 0 amide bonds. The summed E-state index contributed by atoms with van der Waals surface area (Å²) >= 11 is 0. The minimum atomic E-state index is 0.301. The Morgan fingerprint density at radius 1 is 1.28 bits per heavy atom. The van der Waals surface area contributed by atoms with Crippen molar-refractivity contribution in [3.05, 3.63) is 30.0 Å². The quantitative estimate of drug-likeness (QED) is 0.891. The molecular formula is C13H15N3O2. The van der Waals surface area contributed by atoms with E-state index in [2.05, 4.69) is 16.5 Å². The minimum Gasteiger partial charge on any atom is -0.454 e. The molecule has 1 aliphatic heterocycles. The van der Waals surface area contributed by atoms with Gasteiger partial charge in [0.05, 0.1) is 11.4 Å². The number of ether oxygens (including phenoxy) is 2. The summed E-state index contributed by atoms with van der Waals surface area (Å²) < 4.78 is 12.6. The van der Waals surface area contributed by atoms with E-state index in [-0.39, 0.29) is 0 Å². The van der Waals surface area contributed by atoms with Gasteiger partial charge in [0.15, 0.2) is 11.5 Å². The number of hydrogen-bond donors (Lipinski definition) is 1. The van der Waals surface area contributed by atoms with Crippen LogP contribution in [0.15, 0.2) is 24.3 Å². The molecule has 5 heteroatoms. The highest BCUT2D eigenvalue weighted by Crippen LogP contribution is 2.35. The van der Waals surface area contributed by atoms with Crippen molar-refractivity contribution in [2.45, 2.75) is 6.54 Å². The fourth-order valence-corrected chi connectivity index (χ4v) is 2.12. The Balaban J connectivity index is 1.99. The second kappa shape index (κ2) is 4.34. The summed E-state index contributed by atoms with van der Waals surface area (Å²) in [7, 11) is 3.86. The van der Waals surface area contributed by atoms with Crippen LogP contribution in [0.4, 0.5) is 0 Å². The first kappa shape index (κ1) is 11.1. The lowest BCUT2D eigenvalue weighted by Gasteiger charge is -2.03. The predicted molar refractivity (Wildman–Crippen MR) is 67.5 cm³/mol. The third-order valence-electron chi connectivity index (χ3n) is 2.96. The van der Waals surface area contributed by atoms with E-state index in [9.17, 15) is 0 Å². The van der Waals surface area contributed by atoms with Gasteiger partial charge in [-0.25, -0.2) is 0 Å². The van der Waals surface area contributed by atoms with Gasteiger partial charge in [-0.3, -0.25) is 4.68 Å². The number of nitrogens with zero attached hydrogens (tertiary/aromatic N) is 2. The third-order valence-corrected chi connectivity index (χ3v) is 2.96. The molecule has 3 rings (SSSR count). The number of hydrogen-bond acceptors (Lipinski definition) is 4. The van der Waals surface area contributed by atoms with Crippen LogP contribution in [0.25, 0.3) is 11.3 Å². The summed E-state index contributed by atoms with van der Waals surface area (Å²) in [6.07, 6.45) is 0. The van der Waals surface area contributed by atoms with E-state index < -0.39 is 0 Å². The fraction of sp³-hybridized carbons (Fsp3) is 0.308. The van der Waals surface area contributed by atoms with E-state index in [1.165, 1.54) is 0 Å². The van der Waals surface area contributed by atoms with Gasteiger partial charge in [-0.15, -0.1) is 0 Å². The summed E-state index contributed by atoms with van der Waals surface area (Å²) in [5.74, 6) is 1.60. The Morgan fingerprint density at radius 3 is 2.94 bits per heavy atom. The van der Waals surface area contributed by atoms with Crippen LogP contribution in [-0.2, 0) is 13.6 Å². The predicted octanol–water partition coefficient (Wildman–Crippen LogP) is 1.54. The lowest BCUT2D eigenvalue weighted by Crippen LogP contribution is -2.05. The van der Waals surface area contributed by atoms with Crippen LogP contribution in [0.2, 0.25) is 0 Å². The topological polar surface area (TPSA) is 48.3 Å². The van der Waals surface area contributed by atoms with Gasteiger partial charge >= 0.3 is 0 Å². The summed E-state index contributed by atoms with van der Waals surface area (Å²) in [5, 5.41) is 7.55. The number of aryl methyl sites for hydroxylation is 1. The zero-order chi connectivity index (χ0) is 12.5. The smallest absolute Gasteiger partial charge is 0.231 e. The van der Waals surface area contributed by atoms with Crippen molar-refractivity contribution in [1.29, 1.82) is 0 Å². The van der Waals surface area contributed by atoms with Crippen LogP contribution < -0.4 is 14.8 Å². The maximum atomic E-state index is 5.39. The molecule has 0 unspecified atom stereocenters. The highest BCUT2D eigenvalue weighted by atomic mass is 16.7. The average molecular weight is 245 g/mol. The van der Waals surface area contributed by atoms with E-state index in [1.807, 2.05) is 37.0 Å². The molecule has 1 aliphatic rings. The number of aromatic nitrogens is 2. The molecule has 0 saturated carbocycles. The largest absolute Gasteiger partial charge is 0.454 e. The summed E-state index contributed by atoms with van der Waals surface area (Å²) in [4.78, 5) is 0. The Morgan fingerprint density at radius 2 is 2.11 bits per heavy atom. The van der Waals surface area contributed by atoms with Crippen LogP contribution in [0.1, 0.15) is 5.69 Å². The molecule has 94 valence electrons. The second-order valence-electron chi connectivity index (χ2n) is 4.24. The minimum absolute atomic E-state index is 0.301. The van der Waals surface area contributed by atoms with Crippen LogP contribution in [0, 0.1) is 0 Å². The Hall–Kier alpha value is -2.01. The van der Waals surface area contributed by atoms with E-state index in [0.29, 0.717) is 6.79 Å². The van der Waals surface area contributed by atoms with Crippen molar-refractivity contribution in [1.82, 2.24) is 15.1 Å². The van der Waals surface area contributed by atoms with Gasteiger partial charge in [-0.1, -0.05) is 0 Å². The number of rotatable bonds is 3.